The van der Waals surface area contributed by atoms with Gasteiger partial charge < -0.3 is 10.5 Å². The molecule has 4 nitrogen and oxygen atoms in total. The summed E-state index contributed by atoms with van der Waals surface area (Å²) in [6, 6.07) is 15.3. The van der Waals surface area contributed by atoms with E-state index in [0.29, 0.717) is 34.5 Å². The van der Waals surface area contributed by atoms with E-state index < -0.39 is 11.5 Å². The van der Waals surface area contributed by atoms with Gasteiger partial charge in [-0.3, -0.25) is 4.79 Å². The largest absolute Gasteiger partial charge is 0.471 e. The van der Waals surface area contributed by atoms with Gasteiger partial charge in [0.25, 0.3) is 0 Å². The van der Waals surface area contributed by atoms with E-state index in [1.54, 1.807) is 0 Å². The van der Waals surface area contributed by atoms with Crippen LogP contribution in [-0.4, -0.2) is 22.4 Å². The van der Waals surface area contributed by atoms with Gasteiger partial charge in [-0.2, -0.15) is 0 Å². The van der Waals surface area contributed by atoms with Crippen LogP contribution in [0.3, 0.4) is 0 Å². The number of alkyl halides is 2. The van der Waals surface area contributed by atoms with E-state index in [2.05, 4.69) is 27.7 Å². The number of aryl methyl sites for hydroxylation is 1. The van der Waals surface area contributed by atoms with Crippen molar-refractivity contribution < 1.29 is 18.3 Å². The standard InChI is InChI=1S/C25H20BrCl2F2NO.C2H5NO/c26-17-3-6-19(21(28)14-17)22-20(15-1-4-18(27)5-2-15)13-16-7-8-24(32-23(16)31-22)9-11-25(29,30)12-10-24;1-2(3)4/h1-6,13-14H,7-12H2;1H3,(H2,3,4). The van der Waals surface area contributed by atoms with Crippen molar-refractivity contribution in [3.8, 4) is 28.3 Å². The first-order valence-corrected chi connectivity index (χ1v) is 13.1. The molecule has 2 N–H and O–H groups in total. The second kappa shape index (κ2) is 10.6. The van der Waals surface area contributed by atoms with E-state index in [4.69, 9.17) is 32.9 Å². The van der Waals surface area contributed by atoms with Gasteiger partial charge in [0.05, 0.1) is 10.7 Å². The summed E-state index contributed by atoms with van der Waals surface area (Å²) >= 11 is 16.1. The van der Waals surface area contributed by atoms with Crippen molar-refractivity contribution in [2.45, 2.75) is 57.0 Å². The van der Waals surface area contributed by atoms with Crippen molar-refractivity contribution in [1.82, 2.24) is 4.98 Å². The fourth-order valence-corrected chi connectivity index (χ4v) is 5.47. The van der Waals surface area contributed by atoms with Gasteiger partial charge in [-0.05, 0) is 61.6 Å². The van der Waals surface area contributed by atoms with Gasteiger partial charge in [0.15, 0.2) is 0 Å². The Morgan fingerprint density at radius 2 is 1.64 bits per heavy atom. The zero-order chi connectivity index (χ0) is 26.1. The molecule has 2 heterocycles. The third-order valence-corrected chi connectivity index (χ3v) is 7.52. The third-order valence-electron chi connectivity index (χ3n) is 6.46. The van der Waals surface area contributed by atoms with Crippen LogP contribution in [0.2, 0.25) is 10.0 Å². The maximum atomic E-state index is 13.8. The van der Waals surface area contributed by atoms with Crippen molar-refractivity contribution >= 4 is 45.0 Å². The third kappa shape index (κ3) is 6.18. The minimum atomic E-state index is -2.60. The smallest absolute Gasteiger partial charge is 0.248 e. The summed E-state index contributed by atoms with van der Waals surface area (Å²) in [4.78, 5) is 14.1. The molecule has 1 saturated carbocycles. The fourth-order valence-electron chi connectivity index (χ4n) is 4.58. The summed E-state index contributed by atoms with van der Waals surface area (Å²) in [5.41, 5.74) is 8.26. The number of amides is 1. The van der Waals surface area contributed by atoms with Crippen molar-refractivity contribution in [3.63, 3.8) is 0 Å². The quantitative estimate of drug-likeness (QED) is 0.323. The molecular weight excluding hydrogens is 573 g/mol. The summed E-state index contributed by atoms with van der Waals surface area (Å²) in [5, 5.41) is 1.21. The predicted octanol–water partition coefficient (Wildman–Crippen LogP) is 8.25. The minimum Gasteiger partial charge on any atom is -0.471 e. The molecule has 2 aliphatic rings. The van der Waals surface area contributed by atoms with E-state index in [1.807, 2.05) is 42.5 Å². The van der Waals surface area contributed by atoms with Crippen molar-refractivity contribution in [1.29, 1.82) is 0 Å². The molecular formula is C27H25BrCl2F2N2O2. The lowest BCUT2D eigenvalue weighted by Crippen LogP contribution is -2.45. The molecule has 1 aliphatic heterocycles. The Balaban J connectivity index is 0.000000709. The number of carbonyl (C=O) groups excluding carboxylic acids is 1. The predicted molar refractivity (Wildman–Crippen MR) is 143 cm³/mol. The van der Waals surface area contributed by atoms with Crippen molar-refractivity contribution in [2.24, 2.45) is 5.73 Å². The molecule has 36 heavy (non-hydrogen) atoms. The molecule has 1 fully saturated rings. The van der Waals surface area contributed by atoms with Crippen molar-refractivity contribution in [2.75, 3.05) is 0 Å². The minimum absolute atomic E-state index is 0.142. The number of primary amides is 1. The highest BCUT2D eigenvalue weighted by atomic mass is 79.9. The number of hydrogen-bond acceptors (Lipinski definition) is 3. The zero-order valence-corrected chi connectivity index (χ0v) is 22.7. The number of nitrogens with two attached hydrogens (primary N) is 1. The van der Waals surface area contributed by atoms with Gasteiger partial charge >= 0.3 is 0 Å². The number of halogens is 5. The Bertz CT molecular complexity index is 1270. The van der Waals surface area contributed by atoms with Gasteiger partial charge in [0.2, 0.25) is 17.7 Å². The van der Waals surface area contributed by atoms with E-state index in [0.717, 1.165) is 39.6 Å². The topological polar surface area (TPSA) is 65.2 Å². The fraction of sp³-hybridized carbons (Fsp3) is 0.333. The molecule has 2 aromatic carbocycles. The molecule has 0 atom stereocenters. The van der Waals surface area contributed by atoms with Crippen LogP contribution in [0.5, 0.6) is 5.88 Å². The molecule has 1 aromatic heterocycles. The number of rotatable bonds is 2. The van der Waals surface area contributed by atoms with Crippen LogP contribution in [0.25, 0.3) is 22.4 Å². The molecule has 0 bridgehead atoms. The van der Waals surface area contributed by atoms with E-state index in [1.165, 1.54) is 6.92 Å². The van der Waals surface area contributed by atoms with Crippen LogP contribution in [-0.2, 0) is 11.2 Å². The van der Waals surface area contributed by atoms with E-state index in [-0.39, 0.29) is 18.7 Å². The maximum absolute atomic E-state index is 13.8. The highest BCUT2D eigenvalue weighted by molar-refractivity contribution is 9.10. The van der Waals surface area contributed by atoms with E-state index >= 15 is 0 Å². The monoisotopic (exact) mass is 596 g/mol. The molecule has 190 valence electrons. The summed E-state index contributed by atoms with van der Waals surface area (Å²) in [6.07, 6.45) is 1.86. The summed E-state index contributed by atoms with van der Waals surface area (Å²) in [6.45, 7) is 1.31. The molecule has 1 spiro atoms. The first-order valence-electron chi connectivity index (χ1n) is 11.6. The number of fused-ring (bicyclic) bond motifs is 1. The first-order chi connectivity index (χ1) is 17.0. The normalized spacial score (nSPS) is 17.4. The number of hydrogen-bond donors (Lipinski definition) is 1. The highest BCUT2D eigenvalue weighted by Gasteiger charge is 2.46. The highest BCUT2D eigenvalue weighted by Crippen LogP contribution is 2.47. The van der Waals surface area contributed by atoms with Crippen molar-refractivity contribution in [3.05, 3.63) is 68.6 Å². The number of aromatic nitrogens is 1. The number of ether oxygens (including phenoxy) is 1. The number of pyridine rings is 1. The maximum Gasteiger partial charge on any atom is 0.248 e. The van der Waals surface area contributed by atoms with Gasteiger partial charge in [-0.15, -0.1) is 0 Å². The summed E-state index contributed by atoms with van der Waals surface area (Å²) in [5.74, 6) is -2.41. The molecule has 3 aromatic rings. The Morgan fingerprint density at radius 1 is 1.00 bits per heavy atom. The number of benzene rings is 2. The van der Waals surface area contributed by atoms with Crippen LogP contribution in [0, 0.1) is 0 Å². The second-order valence-electron chi connectivity index (χ2n) is 9.23. The van der Waals surface area contributed by atoms with Crippen LogP contribution in [0.4, 0.5) is 8.78 Å². The average Bonchev–Trinajstić information content (AvgIpc) is 2.81. The Morgan fingerprint density at radius 3 is 2.25 bits per heavy atom. The molecule has 9 heteroatoms. The van der Waals surface area contributed by atoms with Crippen LogP contribution < -0.4 is 10.5 Å². The Kier molecular flexibility index (Phi) is 7.93. The Hall–Kier alpha value is -2.22. The van der Waals surface area contributed by atoms with Gasteiger partial charge in [-0.25, -0.2) is 13.8 Å². The molecule has 0 radical (unpaired) electrons. The van der Waals surface area contributed by atoms with Gasteiger partial charge in [0, 0.05) is 46.0 Å². The summed E-state index contributed by atoms with van der Waals surface area (Å²) < 4.78 is 34.8. The molecule has 5 rings (SSSR count). The van der Waals surface area contributed by atoms with Crippen LogP contribution >= 0.6 is 39.1 Å². The summed E-state index contributed by atoms with van der Waals surface area (Å²) in [7, 11) is 0. The van der Waals surface area contributed by atoms with Gasteiger partial charge in [-0.1, -0.05) is 57.3 Å². The van der Waals surface area contributed by atoms with Crippen LogP contribution in [0.1, 0.15) is 44.6 Å². The lowest BCUT2D eigenvalue weighted by Gasteiger charge is -2.43. The molecule has 0 unspecified atom stereocenters. The lowest BCUT2D eigenvalue weighted by molar-refractivity contribution is -0.115. The number of carbonyl (C=O) groups is 1. The van der Waals surface area contributed by atoms with E-state index in [9.17, 15) is 13.6 Å². The van der Waals surface area contributed by atoms with Crippen LogP contribution in [0.15, 0.2) is 53.0 Å². The SMILES string of the molecule is CC(N)=O.FC1(F)CCC2(CCc3cc(-c4ccc(Cl)cc4)c(-c4ccc(Br)cc4Cl)nc3O2)CC1. The second-order valence-corrected chi connectivity index (χ2v) is 11.0. The Labute approximate surface area is 227 Å². The average molecular weight is 598 g/mol. The van der Waals surface area contributed by atoms with Gasteiger partial charge in [0.1, 0.15) is 5.60 Å². The molecule has 0 saturated heterocycles. The zero-order valence-electron chi connectivity index (χ0n) is 19.6. The molecule has 1 aliphatic carbocycles. The number of nitrogens with zero attached hydrogens (tertiary/aromatic N) is 1. The molecule has 1 amide bonds. The first kappa shape index (κ1) is 26.8. The lowest BCUT2D eigenvalue weighted by atomic mass is 9.77.